The highest BCUT2D eigenvalue weighted by molar-refractivity contribution is 5.24. The number of likely N-dealkylation sites (N-methyl/N-ethyl adjacent to an activating group) is 1. The summed E-state index contributed by atoms with van der Waals surface area (Å²) in [5.74, 6) is 0.740. The fourth-order valence-electron chi connectivity index (χ4n) is 3.34. The minimum Gasteiger partial charge on any atom is -0.354 e. The van der Waals surface area contributed by atoms with Crippen LogP contribution in [0.25, 0.3) is 0 Å². The SMILES string of the molecule is CCCNc1ncc(CN2CCN3CCN(C)C[C@@H]3C2)cn1. The first-order valence-electron chi connectivity index (χ1n) is 8.44. The van der Waals surface area contributed by atoms with Crippen LogP contribution in [0.4, 0.5) is 5.95 Å². The van der Waals surface area contributed by atoms with Crippen LogP contribution in [-0.2, 0) is 6.54 Å². The van der Waals surface area contributed by atoms with Crippen LogP contribution in [0, 0.1) is 0 Å². The van der Waals surface area contributed by atoms with E-state index in [2.05, 4.69) is 44.0 Å². The molecule has 2 saturated heterocycles. The first-order valence-corrected chi connectivity index (χ1v) is 8.44. The van der Waals surface area contributed by atoms with Crippen LogP contribution < -0.4 is 5.32 Å². The molecule has 6 heteroatoms. The lowest BCUT2D eigenvalue weighted by molar-refractivity contribution is 0.0174. The van der Waals surface area contributed by atoms with Crippen LogP contribution in [0.5, 0.6) is 0 Å². The molecule has 122 valence electrons. The van der Waals surface area contributed by atoms with Crippen LogP contribution in [-0.4, -0.2) is 83.6 Å². The highest BCUT2D eigenvalue weighted by Crippen LogP contribution is 2.16. The minimum absolute atomic E-state index is 0.680. The molecular formula is C16H28N6. The van der Waals surface area contributed by atoms with Crippen molar-refractivity contribution in [1.82, 2.24) is 24.7 Å². The molecule has 2 fully saturated rings. The van der Waals surface area contributed by atoms with Crippen molar-refractivity contribution in [2.75, 3.05) is 58.2 Å². The van der Waals surface area contributed by atoms with Crippen molar-refractivity contribution in [3.8, 4) is 0 Å². The van der Waals surface area contributed by atoms with Gasteiger partial charge in [0.15, 0.2) is 0 Å². The number of piperazine rings is 2. The number of anilines is 1. The maximum atomic E-state index is 4.41. The molecule has 0 radical (unpaired) electrons. The Morgan fingerprint density at radius 1 is 1.14 bits per heavy atom. The Morgan fingerprint density at radius 3 is 2.68 bits per heavy atom. The fourth-order valence-corrected chi connectivity index (χ4v) is 3.34. The summed E-state index contributed by atoms with van der Waals surface area (Å²) in [6.07, 6.45) is 5.01. The summed E-state index contributed by atoms with van der Waals surface area (Å²) in [6.45, 7) is 11.1. The van der Waals surface area contributed by atoms with Gasteiger partial charge in [-0.15, -0.1) is 0 Å². The highest BCUT2D eigenvalue weighted by atomic mass is 15.3. The topological polar surface area (TPSA) is 47.5 Å². The lowest BCUT2D eigenvalue weighted by atomic mass is 10.1. The van der Waals surface area contributed by atoms with Crippen LogP contribution in [0.1, 0.15) is 18.9 Å². The molecule has 0 aromatic carbocycles. The number of rotatable bonds is 5. The molecule has 0 bridgehead atoms. The van der Waals surface area contributed by atoms with E-state index in [0.29, 0.717) is 6.04 Å². The molecule has 1 atom stereocenters. The average molecular weight is 304 g/mol. The Kier molecular flexibility index (Phi) is 5.23. The molecule has 3 rings (SSSR count). The normalized spacial score (nSPS) is 24.2. The molecule has 0 aliphatic carbocycles. The number of fused-ring (bicyclic) bond motifs is 1. The first-order chi connectivity index (χ1) is 10.7. The zero-order chi connectivity index (χ0) is 15.4. The van der Waals surface area contributed by atoms with Gasteiger partial charge in [0.1, 0.15) is 0 Å². The molecule has 1 aromatic heterocycles. The standard InChI is InChI=1S/C16H28N6/c1-3-4-17-16-18-9-14(10-19-16)11-21-6-8-22-7-5-20(2)12-15(22)13-21/h9-10,15H,3-8,11-13H2,1-2H3,(H,17,18,19)/t15-/m1/s1. The van der Waals surface area contributed by atoms with Gasteiger partial charge in [-0.25, -0.2) is 9.97 Å². The Labute approximate surface area is 133 Å². The molecule has 3 heterocycles. The molecule has 1 aromatic rings. The Hall–Kier alpha value is -1.24. The predicted octanol–water partition coefficient (Wildman–Crippen LogP) is 0.730. The lowest BCUT2D eigenvalue weighted by Crippen LogP contribution is -2.61. The number of aromatic nitrogens is 2. The van der Waals surface area contributed by atoms with Gasteiger partial charge in [0.25, 0.3) is 0 Å². The number of hydrogen-bond donors (Lipinski definition) is 1. The number of hydrogen-bond acceptors (Lipinski definition) is 6. The largest absolute Gasteiger partial charge is 0.354 e. The van der Waals surface area contributed by atoms with E-state index in [1.807, 2.05) is 12.4 Å². The molecule has 2 aliphatic heterocycles. The van der Waals surface area contributed by atoms with Gasteiger partial charge in [-0.05, 0) is 13.5 Å². The minimum atomic E-state index is 0.680. The maximum absolute atomic E-state index is 4.41. The summed E-state index contributed by atoms with van der Waals surface area (Å²) in [4.78, 5) is 16.4. The van der Waals surface area contributed by atoms with Gasteiger partial charge < -0.3 is 10.2 Å². The van der Waals surface area contributed by atoms with E-state index in [-0.39, 0.29) is 0 Å². The Bertz CT molecular complexity index is 462. The average Bonchev–Trinajstić information content (AvgIpc) is 2.54. The van der Waals surface area contributed by atoms with Gasteiger partial charge in [-0.2, -0.15) is 0 Å². The second-order valence-corrected chi connectivity index (χ2v) is 6.53. The lowest BCUT2D eigenvalue weighted by Gasteiger charge is -2.46. The third-order valence-electron chi connectivity index (χ3n) is 4.62. The fraction of sp³-hybridized carbons (Fsp3) is 0.750. The molecule has 0 spiro atoms. The highest BCUT2D eigenvalue weighted by Gasteiger charge is 2.30. The number of nitrogens with one attached hydrogen (secondary N) is 1. The maximum Gasteiger partial charge on any atom is 0.222 e. The first kappa shape index (κ1) is 15.6. The second kappa shape index (κ2) is 7.35. The summed E-state index contributed by atoms with van der Waals surface area (Å²) in [5, 5.41) is 3.22. The van der Waals surface area contributed by atoms with Gasteiger partial charge >= 0.3 is 0 Å². The van der Waals surface area contributed by atoms with Crippen molar-refractivity contribution in [3.05, 3.63) is 18.0 Å². The van der Waals surface area contributed by atoms with Crippen molar-refractivity contribution in [3.63, 3.8) is 0 Å². The van der Waals surface area contributed by atoms with Crippen molar-refractivity contribution < 1.29 is 0 Å². The third-order valence-corrected chi connectivity index (χ3v) is 4.62. The molecule has 0 amide bonds. The van der Waals surface area contributed by atoms with Crippen LogP contribution in [0.2, 0.25) is 0 Å². The summed E-state index contributed by atoms with van der Waals surface area (Å²) in [6, 6.07) is 0.680. The molecule has 0 unspecified atom stereocenters. The van der Waals surface area contributed by atoms with Gasteiger partial charge in [0, 0.05) is 76.4 Å². The smallest absolute Gasteiger partial charge is 0.222 e. The van der Waals surface area contributed by atoms with Crippen molar-refractivity contribution in [2.24, 2.45) is 0 Å². The van der Waals surface area contributed by atoms with E-state index >= 15 is 0 Å². The second-order valence-electron chi connectivity index (χ2n) is 6.53. The van der Waals surface area contributed by atoms with Gasteiger partial charge in [0.2, 0.25) is 5.95 Å². The summed E-state index contributed by atoms with van der Waals surface area (Å²) in [7, 11) is 2.23. The van der Waals surface area contributed by atoms with Gasteiger partial charge in [-0.3, -0.25) is 9.80 Å². The summed E-state index contributed by atoms with van der Waals surface area (Å²) >= 11 is 0. The quantitative estimate of drug-likeness (QED) is 0.865. The summed E-state index contributed by atoms with van der Waals surface area (Å²) in [5.41, 5.74) is 1.21. The van der Waals surface area contributed by atoms with Crippen LogP contribution in [0.15, 0.2) is 12.4 Å². The zero-order valence-electron chi connectivity index (χ0n) is 13.8. The van der Waals surface area contributed by atoms with Crippen LogP contribution in [0.3, 0.4) is 0 Å². The zero-order valence-corrected chi connectivity index (χ0v) is 13.8. The van der Waals surface area contributed by atoms with Crippen molar-refractivity contribution in [1.29, 1.82) is 0 Å². The van der Waals surface area contributed by atoms with Crippen molar-refractivity contribution >= 4 is 5.95 Å². The Balaban J connectivity index is 1.52. The van der Waals surface area contributed by atoms with Gasteiger partial charge in [0.05, 0.1) is 0 Å². The number of nitrogens with zero attached hydrogens (tertiary/aromatic N) is 5. The third kappa shape index (κ3) is 3.94. The monoisotopic (exact) mass is 304 g/mol. The molecule has 22 heavy (non-hydrogen) atoms. The Morgan fingerprint density at radius 2 is 1.91 bits per heavy atom. The molecule has 1 N–H and O–H groups in total. The van der Waals surface area contributed by atoms with E-state index in [1.54, 1.807) is 0 Å². The van der Waals surface area contributed by atoms with E-state index in [9.17, 15) is 0 Å². The molecular weight excluding hydrogens is 276 g/mol. The van der Waals surface area contributed by atoms with E-state index < -0.39 is 0 Å². The van der Waals surface area contributed by atoms with E-state index in [4.69, 9.17) is 0 Å². The summed E-state index contributed by atoms with van der Waals surface area (Å²) < 4.78 is 0. The van der Waals surface area contributed by atoms with Crippen molar-refractivity contribution in [2.45, 2.75) is 25.9 Å². The molecule has 2 aliphatic rings. The molecule has 0 saturated carbocycles. The van der Waals surface area contributed by atoms with E-state index in [0.717, 1.165) is 38.5 Å². The van der Waals surface area contributed by atoms with Gasteiger partial charge in [-0.1, -0.05) is 6.92 Å². The van der Waals surface area contributed by atoms with Crippen LogP contribution >= 0.6 is 0 Å². The molecule has 6 nitrogen and oxygen atoms in total. The van der Waals surface area contributed by atoms with E-state index in [1.165, 1.54) is 31.7 Å². The predicted molar refractivity (Wildman–Crippen MR) is 88.9 cm³/mol.